The van der Waals surface area contributed by atoms with Gasteiger partial charge in [-0.2, -0.15) is 5.10 Å². The van der Waals surface area contributed by atoms with Crippen LogP contribution in [0.3, 0.4) is 0 Å². The van der Waals surface area contributed by atoms with Crippen molar-refractivity contribution in [3.63, 3.8) is 0 Å². The number of aryl methyl sites for hydroxylation is 1. The number of halogens is 1. The van der Waals surface area contributed by atoms with Gasteiger partial charge in [-0.3, -0.25) is 9.48 Å². The van der Waals surface area contributed by atoms with Gasteiger partial charge in [-0.1, -0.05) is 0 Å². The van der Waals surface area contributed by atoms with Crippen molar-refractivity contribution < 1.29 is 14.3 Å². The molecule has 1 aliphatic heterocycles. The van der Waals surface area contributed by atoms with Crippen molar-refractivity contribution in [1.82, 2.24) is 14.7 Å². The van der Waals surface area contributed by atoms with Crippen molar-refractivity contribution in [3.05, 3.63) is 17.0 Å². The molecular weight excluding hydrogens is 306 g/mol. The van der Waals surface area contributed by atoms with Crippen LogP contribution < -0.4 is 0 Å². The highest BCUT2D eigenvalue weighted by atomic mass is 35.5. The maximum Gasteiger partial charge on any atom is 0.356 e. The van der Waals surface area contributed by atoms with Crippen LogP contribution in [0, 0.1) is 5.41 Å². The van der Waals surface area contributed by atoms with Crippen LogP contribution in [-0.2, 0) is 29.5 Å². The van der Waals surface area contributed by atoms with Gasteiger partial charge in [-0.05, 0) is 20.8 Å². The zero-order chi connectivity index (χ0) is 16.5. The molecule has 122 valence electrons. The fraction of sp³-hybridized carbons (Fsp3) is 0.667. The first-order chi connectivity index (χ1) is 10.3. The van der Waals surface area contributed by atoms with E-state index < -0.39 is 11.4 Å². The number of alkyl halides is 1. The van der Waals surface area contributed by atoms with E-state index in [1.165, 1.54) is 0 Å². The quantitative estimate of drug-likeness (QED) is 0.624. The average molecular weight is 328 g/mol. The van der Waals surface area contributed by atoms with Crippen molar-refractivity contribution in [1.29, 1.82) is 0 Å². The van der Waals surface area contributed by atoms with Gasteiger partial charge >= 0.3 is 5.97 Å². The first-order valence-electron chi connectivity index (χ1n) is 7.39. The van der Waals surface area contributed by atoms with E-state index in [4.69, 9.17) is 16.3 Å². The Morgan fingerprint density at radius 1 is 1.41 bits per heavy atom. The number of rotatable bonds is 4. The molecule has 1 aromatic rings. The lowest BCUT2D eigenvalue weighted by Gasteiger charge is -2.33. The van der Waals surface area contributed by atoms with E-state index in [1.54, 1.807) is 23.6 Å². The summed E-state index contributed by atoms with van der Waals surface area (Å²) < 4.78 is 6.64. The molecule has 0 bridgehead atoms. The Morgan fingerprint density at radius 3 is 2.68 bits per heavy atom. The SMILES string of the molecule is CCOC(=O)c1c2c(nn1C)CCN(C(=O)C(C)(C)CCl)C2. The Hall–Kier alpha value is -1.56. The molecule has 1 aliphatic rings. The molecule has 1 amide bonds. The number of amides is 1. The third-order valence-corrected chi connectivity index (χ3v) is 4.53. The second kappa shape index (κ2) is 6.28. The summed E-state index contributed by atoms with van der Waals surface area (Å²) in [6.45, 7) is 6.68. The molecule has 0 N–H and O–H groups in total. The molecular formula is C15H22ClN3O3. The minimum atomic E-state index is -0.620. The number of aromatic nitrogens is 2. The van der Waals surface area contributed by atoms with E-state index in [2.05, 4.69) is 5.10 Å². The third-order valence-electron chi connectivity index (χ3n) is 3.87. The van der Waals surface area contributed by atoms with Gasteiger partial charge in [-0.15, -0.1) is 11.6 Å². The van der Waals surface area contributed by atoms with Crippen LogP contribution in [0.5, 0.6) is 0 Å². The van der Waals surface area contributed by atoms with Crippen LogP contribution in [0.4, 0.5) is 0 Å². The van der Waals surface area contributed by atoms with Crippen molar-refractivity contribution in [2.45, 2.75) is 33.7 Å². The molecule has 0 spiro atoms. The average Bonchev–Trinajstić information content (AvgIpc) is 2.81. The topological polar surface area (TPSA) is 64.4 Å². The van der Waals surface area contributed by atoms with E-state index in [9.17, 15) is 9.59 Å². The van der Waals surface area contributed by atoms with E-state index in [0.29, 0.717) is 31.8 Å². The summed E-state index contributed by atoms with van der Waals surface area (Å²) in [6.07, 6.45) is 0.632. The number of hydrogen-bond donors (Lipinski definition) is 0. The smallest absolute Gasteiger partial charge is 0.356 e. The lowest BCUT2D eigenvalue weighted by molar-refractivity contribution is -0.140. The highest BCUT2D eigenvalue weighted by Crippen LogP contribution is 2.27. The summed E-state index contributed by atoms with van der Waals surface area (Å²) >= 11 is 5.90. The van der Waals surface area contributed by atoms with Gasteiger partial charge in [0.05, 0.1) is 17.7 Å². The lowest BCUT2D eigenvalue weighted by atomic mass is 9.92. The fourth-order valence-corrected chi connectivity index (χ4v) is 2.73. The second-order valence-corrected chi connectivity index (χ2v) is 6.38. The van der Waals surface area contributed by atoms with Crippen LogP contribution in [0.15, 0.2) is 0 Å². The van der Waals surface area contributed by atoms with Crippen molar-refractivity contribution in [2.24, 2.45) is 12.5 Å². The molecule has 0 atom stereocenters. The molecule has 0 aliphatic carbocycles. The number of hydrogen-bond acceptors (Lipinski definition) is 4. The Labute approximate surface area is 135 Å². The first-order valence-corrected chi connectivity index (χ1v) is 7.92. The summed E-state index contributed by atoms with van der Waals surface area (Å²) in [5, 5.41) is 4.38. The molecule has 2 heterocycles. The Morgan fingerprint density at radius 2 is 2.09 bits per heavy atom. The standard InChI is InChI=1S/C15H22ClN3O3/c1-5-22-13(20)12-10-8-19(14(21)15(2,3)9-16)7-6-11(10)17-18(12)4/h5-9H2,1-4H3. The number of fused-ring (bicyclic) bond motifs is 1. The molecule has 6 nitrogen and oxygen atoms in total. The number of carbonyl (C=O) groups is 2. The third kappa shape index (κ3) is 2.97. The van der Waals surface area contributed by atoms with E-state index >= 15 is 0 Å². The molecule has 2 rings (SSSR count). The summed E-state index contributed by atoms with van der Waals surface area (Å²) in [5.41, 5.74) is 1.45. The van der Waals surface area contributed by atoms with Crippen LogP contribution >= 0.6 is 11.6 Å². The van der Waals surface area contributed by atoms with Gasteiger partial charge in [0, 0.05) is 38.0 Å². The Kier molecular flexibility index (Phi) is 4.80. The highest BCUT2D eigenvalue weighted by Gasteiger charge is 2.35. The van der Waals surface area contributed by atoms with Gasteiger partial charge in [0.25, 0.3) is 0 Å². The molecule has 7 heteroatoms. The molecule has 22 heavy (non-hydrogen) atoms. The molecule has 0 saturated heterocycles. The zero-order valence-electron chi connectivity index (χ0n) is 13.5. The zero-order valence-corrected chi connectivity index (χ0v) is 14.2. The van der Waals surface area contributed by atoms with Crippen molar-refractivity contribution >= 4 is 23.5 Å². The molecule has 1 aromatic heterocycles. The van der Waals surface area contributed by atoms with E-state index in [-0.39, 0.29) is 11.8 Å². The maximum absolute atomic E-state index is 12.6. The Balaban J connectivity index is 2.30. The van der Waals surface area contributed by atoms with Crippen molar-refractivity contribution in [3.8, 4) is 0 Å². The van der Waals surface area contributed by atoms with Gasteiger partial charge in [0.1, 0.15) is 0 Å². The van der Waals surface area contributed by atoms with E-state index in [0.717, 1.165) is 11.3 Å². The van der Waals surface area contributed by atoms with Gasteiger partial charge in [-0.25, -0.2) is 4.79 Å². The number of carbonyl (C=O) groups excluding carboxylic acids is 2. The van der Waals surface area contributed by atoms with Gasteiger partial charge < -0.3 is 9.64 Å². The molecule has 0 saturated carbocycles. The van der Waals surface area contributed by atoms with Crippen LogP contribution in [0.25, 0.3) is 0 Å². The van der Waals surface area contributed by atoms with Crippen LogP contribution in [0.1, 0.15) is 42.5 Å². The van der Waals surface area contributed by atoms with Crippen molar-refractivity contribution in [2.75, 3.05) is 19.0 Å². The van der Waals surface area contributed by atoms with Crippen LogP contribution in [-0.4, -0.2) is 45.6 Å². The monoisotopic (exact) mass is 327 g/mol. The normalized spacial score (nSPS) is 14.7. The summed E-state index contributed by atoms with van der Waals surface area (Å²) in [5.74, 6) is -0.149. The predicted molar refractivity (Wildman–Crippen MR) is 82.8 cm³/mol. The van der Waals surface area contributed by atoms with Gasteiger partial charge in [0.2, 0.25) is 5.91 Å². The van der Waals surface area contributed by atoms with E-state index in [1.807, 2.05) is 13.8 Å². The van der Waals surface area contributed by atoms with Crippen LogP contribution in [0.2, 0.25) is 0 Å². The number of esters is 1. The first kappa shape index (κ1) is 16.8. The summed E-state index contributed by atoms with van der Waals surface area (Å²) in [7, 11) is 1.72. The minimum Gasteiger partial charge on any atom is -0.461 e. The number of nitrogens with zero attached hydrogens (tertiary/aromatic N) is 3. The predicted octanol–water partition coefficient (Wildman–Crippen LogP) is 1.75. The summed E-state index contributed by atoms with van der Waals surface area (Å²) in [6, 6.07) is 0. The maximum atomic E-state index is 12.6. The minimum absolute atomic E-state index is 0.00758. The largest absolute Gasteiger partial charge is 0.461 e. The molecule has 0 fully saturated rings. The highest BCUT2D eigenvalue weighted by molar-refractivity contribution is 6.19. The molecule has 0 unspecified atom stereocenters. The Bertz CT molecular complexity index is 595. The molecule has 0 aromatic carbocycles. The number of ether oxygens (including phenoxy) is 1. The molecule has 0 radical (unpaired) electrons. The summed E-state index contributed by atoms with van der Waals surface area (Å²) in [4.78, 5) is 26.4. The fourth-order valence-electron chi connectivity index (χ4n) is 2.61. The van der Waals surface area contributed by atoms with Gasteiger partial charge in [0.15, 0.2) is 5.69 Å². The lowest BCUT2D eigenvalue weighted by Crippen LogP contribution is -2.44. The second-order valence-electron chi connectivity index (χ2n) is 6.11.